The number of hydrogen-bond acceptors (Lipinski definition) is 7. The molecule has 9 nitrogen and oxygen atoms in total. The zero-order valence-electron chi connectivity index (χ0n) is 17.1. The van der Waals surface area contributed by atoms with E-state index in [4.69, 9.17) is 9.47 Å². The fraction of sp³-hybridized carbons (Fsp3) is 0.778. The lowest BCUT2D eigenvalue weighted by Crippen LogP contribution is -2.33. The van der Waals surface area contributed by atoms with Gasteiger partial charge in [-0.3, -0.25) is 9.59 Å². The molecule has 0 heterocycles. The standard InChI is InChI=1S/C18H32N2O7/c1-17(2,3)26-15(23)19-11-7-9-13(21)25-14(22)10-8-12-20-16(24)27-18(4,5)6/h7-12H2,1-6H3,(H,19,23)(H,20,24). The molecular formula is C18H32N2O7. The summed E-state index contributed by atoms with van der Waals surface area (Å²) >= 11 is 0. The van der Waals surface area contributed by atoms with Crippen molar-refractivity contribution in [3.63, 3.8) is 0 Å². The predicted octanol–water partition coefficient (Wildman–Crippen LogP) is 2.67. The summed E-state index contributed by atoms with van der Waals surface area (Å²) in [5.41, 5.74) is -1.18. The number of nitrogens with one attached hydrogen (secondary N) is 2. The number of alkyl carbamates (subject to hydrolysis) is 2. The molecule has 0 atom stereocenters. The van der Waals surface area contributed by atoms with E-state index < -0.39 is 35.3 Å². The largest absolute Gasteiger partial charge is 0.444 e. The van der Waals surface area contributed by atoms with Crippen LogP contribution in [0.5, 0.6) is 0 Å². The van der Waals surface area contributed by atoms with Gasteiger partial charge in [0.05, 0.1) is 0 Å². The average Bonchev–Trinajstić information content (AvgIpc) is 2.44. The lowest BCUT2D eigenvalue weighted by atomic mass is 10.2. The lowest BCUT2D eigenvalue weighted by molar-refractivity contribution is -0.159. The topological polar surface area (TPSA) is 120 Å². The summed E-state index contributed by atoms with van der Waals surface area (Å²) in [4.78, 5) is 45.9. The molecule has 0 bridgehead atoms. The maximum Gasteiger partial charge on any atom is 0.407 e. The molecule has 0 aromatic carbocycles. The van der Waals surface area contributed by atoms with Crippen molar-refractivity contribution < 1.29 is 33.4 Å². The van der Waals surface area contributed by atoms with Gasteiger partial charge in [0.2, 0.25) is 0 Å². The Morgan fingerprint density at radius 3 is 1.30 bits per heavy atom. The Kier molecular flexibility index (Phi) is 10.4. The number of ether oxygens (including phenoxy) is 3. The number of esters is 2. The van der Waals surface area contributed by atoms with Crippen molar-refractivity contribution >= 4 is 24.1 Å². The van der Waals surface area contributed by atoms with E-state index in [1.807, 2.05) is 0 Å². The fourth-order valence-corrected chi connectivity index (χ4v) is 1.70. The molecule has 0 aliphatic rings. The van der Waals surface area contributed by atoms with Gasteiger partial charge in [0.25, 0.3) is 0 Å². The summed E-state index contributed by atoms with van der Waals surface area (Å²) in [6.07, 6.45) is -0.485. The van der Waals surface area contributed by atoms with Gasteiger partial charge in [-0.25, -0.2) is 9.59 Å². The molecule has 0 aliphatic heterocycles. The minimum atomic E-state index is -0.661. The maximum atomic E-state index is 11.5. The van der Waals surface area contributed by atoms with E-state index in [0.717, 1.165) is 0 Å². The third kappa shape index (κ3) is 16.9. The second kappa shape index (κ2) is 11.4. The van der Waals surface area contributed by atoms with Crippen LogP contribution in [0.4, 0.5) is 9.59 Å². The first-order valence-electron chi connectivity index (χ1n) is 8.96. The number of carbonyl (C=O) groups excluding carboxylic acids is 4. The molecule has 0 saturated carbocycles. The second-order valence-electron chi connectivity index (χ2n) is 7.91. The van der Waals surface area contributed by atoms with Crippen molar-refractivity contribution in [2.45, 2.75) is 78.4 Å². The van der Waals surface area contributed by atoms with Gasteiger partial charge in [-0.05, 0) is 54.4 Å². The van der Waals surface area contributed by atoms with E-state index in [0.29, 0.717) is 12.8 Å². The Morgan fingerprint density at radius 1 is 0.667 bits per heavy atom. The molecule has 0 radical (unpaired) electrons. The highest BCUT2D eigenvalue weighted by Crippen LogP contribution is 2.07. The molecule has 0 spiro atoms. The van der Waals surface area contributed by atoms with Gasteiger partial charge in [-0.1, -0.05) is 0 Å². The number of hydrogen-bond donors (Lipinski definition) is 2. The van der Waals surface area contributed by atoms with Crippen molar-refractivity contribution in [2.75, 3.05) is 13.1 Å². The minimum absolute atomic E-state index is 0.00229. The normalized spacial score (nSPS) is 11.3. The summed E-state index contributed by atoms with van der Waals surface area (Å²) in [7, 11) is 0. The van der Waals surface area contributed by atoms with Crippen LogP contribution < -0.4 is 10.6 Å². The van der Waals surface area contributed by atoms with Crippen molar-refractivity contribution in [1.82, 2.24) is 10.6 Å². The van der Waals surface area contributed by atoms with Gasteiger partial charge in [0, 0.05) is 25.9 Å². The molecule has 27 heavy (non-hydrogen) atoms. The molecule has 0 aromatic rings. The van der Waals surface area contributed by atoms with Crippen molar-refractivity contribution in [2.24, 2.45) is 0 Å². The molecule has 0 saturated heterocycles. The molecule has 0 fully saturated rings. The monoisotopic (exact) mass is 388 g/mol. The molecule has 0 rings (SSSR count). The van der Waals surface area contributed by atoms with Gasteiger partial charge in [0.1, 0.15) is 11.2 Å². The van der Waals surface area contributed by atoms with Crippen LogP contribution in [0.2, 0.25) is 0 Å². The van der Waals surface area contributed by atoms with Crippen LogP contribution in [0.15, 0.2) is 0 Å². The highest BCUT2D eigenvalue weighted by molar-refractivity contribution is 5.85. The first-order valence-corrected chi connectivity index (χ1v) is 8.96. The van der Waals surface area contributed by atoms with E-state index in [2.05, 4.69) is 15.4 Å². The first kappa shape index (κ1) is 24.7. The summed E-state index contributed by atoms with van der Waals surface area (Å²) < 4.78 is 14.8. The fourth-order valence-electron chi connectivity index (χ4n) is 1.70. The SMILES string of the molecule is CC(C)(C)OC(=O)NCCCC(=O)OC(=O)CCCNC(=O)OC(C)(C)C. The smallest absolute Gasteiger partial charge is 0.407 e. The van der Waals surface area contributed by atoms with Gasteiger partial charge < -0.3 is 24.8 Å². The Hall–Kier alpha value is -2.32. The Bertz CT molecular complexity index is 473. The first-order chi connectivity index (χ1) is 12.3. The maximum absolute atomic E-state index is 11.5. The van der Waals surface area contributed by atoms with E-state index in [1.165, 1.54) is 0 Å². The highest BCUT2D eigenvalue weighted by atomic mass is 16.6. The summed E-state index contributed by atoms with van der Waals surface area (Å²) in [6.45, 7) is 11.0. The van der Waals surface area contributed by atoms with Gasteiger partial charge in [-0.2, -0.15) is 0 Å². The van der Waals surface area contributed by atoms with E-state index in [1.54, 1.807) is 41.5 Å². The zero-order chi connectivity index (χ0) is 21.1. The molecule has 0 aromatic heterocycles. The highest BCUT2D eigenvalue weighted by Gasteiger charge is 2.17. The van der Waals surface area contributed by atoms with E-state index >= 15 is 0 Å². The van der Waals surface area contributed by atoms with Crippen molar-refractivity contribution in [1.29, 1.82) is 0 Å². The molecular weight excluding hydrogens is 356 g/mol. The van der Waals surface area contributed by atoms with Crippen LogP contribution in [-0.2, 0) is 23.8 Å². The van der Waals surface area contributed by atoms with Gasteiger partial charge in [-0.15, -0.1) is 0 Å². The van der Waals surface area contributed by atoms with Crippen molar-refractivity contribution in [3.05, 3.63) is 0 Å². The summed E-state index contributed by atoms with van der Waals surface area (Å²) in [6, 6.07) is 0. The number of rotatable bonds is 8. The molecule has 2 amide bonds. The van der Waals surface area contributed by atoms with Crippen molar-refractivity contribution in [3.8, 4) is 0 Å². The molecule has 2 N–H and O–H groups in total. The Morgan fingerprint density at radius 2 is 1.00 bits per heavy atom. The summed E-state index contributed by atoms with van der Waals surface area (Å²) in [5, 5.41) is 5.02. The molecule has 0 aliphatic carbocycles. The number of amides is 2. The zero-order valence-corrected chi connectivity index (χ0v) is 17.1. The van der Waals surface area contributed by atoms with Crippen LogP contribution in [0.3, 0.4) is 0 Å². The third-order valence-electron chi connectivity index (χ3n) is 2.68. The molecule has 9 heteroatoms. The quantitative estimate of drug-likeness (QED) is 0.284. The van der Waals surface area contributed by atoms with E-state index in [-0.39, 0.29) is 25.9 Å². The van der Waals surface area contributed by atoms with Gasteiger partial charge >= 0.3 is 24.1 Å². The van der Waals surface area contributed by atoms with Crippen LogP contribution in [0.25, 0.3) is 0 Å². The van der Waals surface area contributed by atoms with Gasteiger partial charge in [0.15, 0.2) is 0 Å². The van der Waals surface area contributed by atoms with Crippen LogP contribution in [0, 0.1) is 0 Å². The Labute approximate surface area is 160 Å². The van der Waals surface area contributed by atoms with Crippen LogP contribution >= 0.6 is 0 Å². The minimum Gasteiger partial charge on any atom is -0.444 e. The third-order valence-corrected chi connectivity index (χ3v) is 2.68. The predicted molar refractivity (Wildman–Crippen MR) is 98.0 cm³/mol. The average molecular weight is 388 g/mol. The van der Waals surface area contributed by atoms with Crippen LogP contribution in [-0.4, -0.2) is 48.4 Å². The second-order valence-corrected chi connectivity index (χ2v) is 7.91. The van der Waals surface area contributed by atoms with Crippen LogP contribution in [0.1, 0.15) is 67.2 Å². The molecule has 156 valence electrons. The summed E-state index contributed by atoms with van der Waals surface area (Å²) in [5.74, 6) is -1.32. The molecule has 0 unspecified atom stereocenters. The Balaban J connectivity index is 3.77. The number of carbonyl (C=O) groups is 4. The van der Waals surface area contributed by atoms with E-state index in [9.17, 15) is 19.2 Å². The lowest BCUT2D eigenvalue weighted by Gasteiger charge is -2.19.